The van der Waals surface area contributed by atoms with E-state index in [4.69, 9.17) is 0 Å². The second-order valence-electron chi connectivity index (χ2n) is 4.61. The fourth-order valence-corrected chi connectivity index (χ4v) is 2.39. The maximum absolute atomic E-state index is 4.23. The van der Waals surface area contributed by atoms with Crippen molar-refractivity contribution in [2.24, 2.45) is 7.05 Å². The number of aromatic amines is 1. The molecular formula is C14H15N3. The molecule has 0 saturated heterocycles. The number of rotatable bonds is 1. The first-order valence-corrected chi connectivity index (χ1v) is 5.72. The number of nitrogens with one attached hydrogen (secondary N) is 1. The lowest BCUT2D eigenvalue weighted by atomic mass is 10.0. The van der Waals surface area contributed by atoms with Gasteiger partial charge in [0, 0.05) is 41.5 Å². The van der Waals surface area contributed by atoms with Crippen LogP contribution in [0.1, 0.15) is 11.1 Å². The Bertz CT molecular complexity index is 689. The van der Waals surface area contributed by atoms with Crippen LogP contribution in [0, 0.1) is 13.8 Å². The summed E-state index contributed by atoms with van der Waals surface area (Å²) in [5, 5.41) is 5.50. The van der Waals surface area contributed by atoms with Gasteiger partial charge in [-0.3, -0.25) is 4.68 Å². The maximum atomic E-state index is 4.23. The second-order valence-corrected chi connectivity index (χ2v) is 4.61. The highest BCUT2D eigenvalue weighted by Crippen LogP contribution is 2.30. The monoisotopic (exact) mass is 225 g/mol. The van der Waals surface area contributed by atoms with Crippen LogP contribution in [0.3, 0.4) is 0 Å². The van der Waals surface area contributed by atoms with Crippen molar-refractivity contribution >= 4 is 10.9 Å². The smallest absolute Gasteiger partial charge is 0.0568 e. The van der Waals surface area contributed by atoms with Crippen LogP contribution >= 0.6 is 0 Å². The number of hydrogen-bond donors (Lipinski definition) is 1. The molecule has 0 bridgehead atoms. The van der Waals surface area contributed by atoms with E-state index in [9.17, 15) is 0 Å². The highest BCUT2D eigenvalue weighted by atomic mass is 15.2. The summed E-state index contributed by atoms with van der Waals surface area (Å²) in [7, 11) is 1.94. The van der Waals surface area contributed by atoms with Gasteiger partial charge in [0.1, 0.15) is 0 Å². The van der Waals surface area contributed by atoms with E-state index in [1.54, 1.807) is 0 Å². The minimum absolute atomic E-state index is 1.16. The summed E-state index contributed by atoms with van der Waals surface area (Å²) in [5.41, 5.74) is 6.17. The van der Waals surface area contributed by atoms with Crippen molar-refractivity contribution in [2.45, 2.75) is 13.8 Å². The molecule has 3 nitrogen and oxygen atoms in total. The van der Waals surface area contributed by atoms with Crippen molar-refractivity contribution < 1.29 is 0 Å². The number of aryl methyl sites for hydroxylation is 3. The molecule has 2 heterocycles. The van der Waals surface area contributed by atoms with E-state index in [1.165, 1.54) is 27.6 Å². The quantitative estimate of drug-likeness (QED) is 0.678. The molecule has 3 heteroatoms. The Hall–Kier alpha value is -2.03. The van der Waals surface area contributed by atoms with Crippen LogP contribution in [0.15, 0.2) is 30.7 Å². The minimum Gasteiger partial charge on any atom is -0.360 e. The molecule has 3 rings (SSSR count). The van der Waals surface area contributed by atoms with E-state index < -0.39 is 0 Å². The van der Waals surface area contributed by atoms with Crippen molar-refractivity contribution in [1.82, 2.24) is 14.8 Å². The number of benzene rings is 1. The third-order valence-electron chi connectivity index (χ3n) is 3.15. The lowest BCUT2D eigenvalue weighted by molar-refractivity contribution is 0.768. The Morgan fingerprint density at radius 2 is 2.06 bits per heavy atom. The molecule has 0 amide bonds. The van der Waals surface area contributed by atoms with Gasteiger partial charge in [-0.25, -0.2) is 0 Å². The van der Waals surface area contributed by atoms with Gasteiger partial charge in [-0.15, -0.1) is 0 Å². The standard InChI is InChI=1S/C14H15N3/c1-9-4-10(2)14-12(5-9)13(7-15-14)11-6-16-17(3)8-11/h4-8,15H,1-3H3. The zero-order valence-electron chi connectivity index (χ0n) is 10.3. The van der Waals surface area contributed by atoms with E-state index >= 15 is 0 Å². The van der Waals surface area contributed by atoms with Crippen LogP contribution in [-0.2, 0) is 7.05 Å². The topological polar surface area (TPSA) is 33.6 Å². The zero-order chi connectivity index (χ0) is 12.0. The Morgan fingerprint density at radius 3 is 2.76 bits per heavy atom. The zero-order valence-corrected chi connectivity index (χ0v) is 10.3. The van der Waals surface area contributed by atoms with Crippen LogP contribution in [-0.4, -0.2) is 14.8 Å². The molecule has 0 unspecified atom stereocenters. The fourth-order valence-electron chi connectivity index (χ4n) is 2.39. The predicted molar refractivity (Wildman–Crippen MR) is 70.0 cm³/mol. The highest BCUT2D eigenvalue weighted by Gasteiger charge is 2.09. The number of aromatic nitrogens is 3. The summed E-state index contributed by atoms with van der Waals surface area (Å²) in [6, 6.07) is 4.42. The number of hydrogen-bond acceptors (Lipinski definition) is 1. The summed E-state index contributed by atoms with van der Waals surface area (Å²) in [6.07, 6.45) is 6.01. The van der Waals surface area contributed by atoms with E-state index in [0.29, 0.717) is 0 Å². The Balaban J connectivity index is 2.31. The molecular weight excluding hydrogens is 210 g/mol. The molecule has 0 fully saturated rings. The van der Waals surface area contributed by atoms with Crippen LogP contribution in [0.25, 0.3) is 22.0 Å². The van der Waals surface area contributed by atoms with Gasteiger partial charge in [-0.1, -0.05) is 11.6 Å². The van der Waals surface area contributed by atoms with Crippen molar-refractivity contribution in [3.8, 4) is 11.1 Å². The average Bonchev–Trinajstić information content (AvgIpc) is 2.83. The molecule has 0 atom stereocenters. The van der Waals surface area contributed by atoms with Crippen LogP contribution < -0.4 is 0 Å². The largest absolute Gasteiger partial charge is 0.360 e. The molecule has 2 aromatic heterocycles. The van der Waals surface area contributed by atoms with E-state index in [0.717, 1.165) is 5.56 Å². The highest BCUT2D eigenvalue weighted by molar-refractivity contribution is 5.97. The summed E-state index contributed by atoms with van der Waals surface area (Å²) >= 11 is 0. The van der Waals surface area contributed by atoms with Crippen LogP contribution in [0.5, 0.6) is 0 Å². The molecule has 17 heavy (non-hydrogen) atoms. The van der Waals surface area contributed by atoms with Gasteiger partial charge < -0.3 is 4.98 Å². The van der Waals surface area contributed by atoms with Gasteiger partial charge in [-0.2, -0.15) is 5.10 Å². The molecule has 0 radical (unpaired) electrons. The van der Waals surface area contributed by atoms with Crippen molar-refractivity contribution in [3.63, 3.8) is 0 Å². The van der Waals surface area contributed by atoms with E-state index in [2.05, 4.69) is 42.3 Å². The van der Waals surface area contributed by atoms with Gasteiger partial charge >= 0.3 is 0 Å². The SMILES string of the molecule is Cc1cc(C)c2[nH]cc(-c3cnn(C)c3)c2c1. The molecule has 0 aliphatic heterocycles. The maximum Gasteiger partial charge on any atom is 0.0568 e. The molecule has 0 aliphatic rings. The number of nitrogens with zero attached hydrogens (tertiary/aromatic N) is 2. The van der Waals surface area contributed by atoms with Crippen molar-refractivity contribution in [2.75, 3.05) is 0 Å². The normalized spacial score (nSPS) is 11.2. The summed E-state index contributed by atoms with van der Waals surface area (Å²) in [6.45, 7) is 4.27. The van der Waals surface area contributed by atoms with Gasteiger partial charge in [-0.05, 0) is 25.5 Å². The van der Waals surface area contributed by atoms with Crippen molar-refractivity contribution in [3.05, 3.63) is 41.9 Å². The first-order valence-electron chi connectivity index (χ1n) is 5.72. The summed E-state index contributed by atoms with van der Waals surface area (Å²) in [4.78, 5) is 3.35. The van der Waals surface area contributed by atoms with Crippen LogP contribution in [0.2, 0.25) is 0 Å². The second kappa shape index (κ2) is 3.48. The first-order chi connectivity index (χ1) is 8.15. The third-order valence-corrected chi connectivity index (χ3v) is 3.15. The molecule has 0 saturated carbocycles. The van der Waals surface area contributed by atoms with Gasteiger partial charge in [0.2, 0.25) is 0 Å². The lowest BCUT2D eigenvalue weighted by Gasteiger charge is -2.00. The Morgan fingerprint density at radius 1 is 1.24 bits per heavy atom. The predicted octanol–water partition coefficient (Wildman–Crippen LogP) is 3.19. The lowest BCUT2D eigenvalue weighted by Crippen LogP contribution is -1.84. The Kier molecular flexibility index (Phi) is 2.08. The molecule has 0 spiro atoms. The third kappa shape index (κ3) is 1.55. The molecule has 1 N–H and O–H groups in total. The molecule has 3 aromatic rings. The average molecular weight is 225 g/mol. The van der Waals surface area contributed by atoms with Gasteiger partial charge in [0.25, 0.3) is 0 Å². The van der Waals surface area contributed by atoms with Crippen LogP contribution in [0.4, 0.5) is 0 Å². The molecule has 0 aliphatic carbocycles. The van der Waals surface area contributed by atoms with Gasteiger partial charge in [0.05, 0.1) is 6.20 Å². The number of H-pyrrole nitrogens is 1. The van der Waals surface area contributed by atoms with Crippen molar-refractivity contribution in [1.29, 1.82) is 0 Å². The molecule has 86 valence electrons. The van der Waals surface area contributed by atoms with E-state index in [1.807, 2.05) is 24.1 Å². The first kappa shape index (κ1) is 10.1. The summed E-state index contributed by atoms with van der Waals surface area (Å²) < 4.78 is 1.83. The van der Waals surface area contributed by atoms with Gasteiger partial charge in [0.15, 0.2) is 0 Å². The number of fused-ring (bicyclic) bond motifs is 1. The summed E-state index contributed by atoms with van der Waals surface area (Å²) in [5.74, 6) is 0. The molecule has 1 aromatic carbocycles. The van der Waals surface area contributed by atoms with E-state index in [-0.39, 0.29) is 0 Å². The Labute approximate surface area is 100 Å². The minimum atomic E-state index is 1.16. The fraction of sp³-hybridized carbons (Fsp3) is 0.214.